The van der Waals surface area contributed by atoms with Crippen LogP contribution in [-0.2, 0) is 0 Å². The Morgan fingerprint density at radius 2 is 2.00 bits per heavy atom. The minimum absolute atomic E-state index is 0.00768. The van der Waals surface area contributed by atoms with E-state index >= 15 is 0 Å². The molecule has 7 heteroatoms. The first-order valence-electron chi connectivity index (χ1n) is 8.56. The summed E-state index contributed by atoms with van der Waals surface area (Å²) < 4.78 is 6.32. The van der Waals surface area contributed by atoms with Crippen molar-refractivity contribution in [2.45, 2.75) is 6.92 Å². The van der Waals surface area contributed by atoms with Crippen LogP contribution < -0.4 is 10.3 Å². The molecule has 0 saturated carbocycles. The van der Waals surface area contributed by atoms with Crippen molar-refractivity contribution in [3.63, 3.8) is 0 Å². The second-order valence-corrected chi connectivity index (χ2v) is 7.01. The number of thiophene rings is 1. The lowest BCUT2D eigenvalue weighted by molar-refractivity contribution is 0.373. The van der Waals surface area contributed by atoms with Crippen molar-refractivity contribution in [1.29, 1.82) is 0 Å². The van der Waals surface area contributed by atoms with E-state index in [0.29, 0.717) is 27.4 Å². The molecule has 0 aliphatic rings. The number of nitrogens with zero attached hydrogens (tertiary/aromatic N) is 3. The molecule has 1 N–H and O–H groups in total. The van der Waals surface area contributed by atoms with Gasteiger partial charge in [0.15, 0.2) is 11.5 Å². The molecule has 0 aliphatic carbocycles. The summed E-state index contributed by atoms with van der Waals surface area (Å²) in [5, 5.41) is 16.7. The van der Waals surface area contributed by atoms with Crippen LogP contribution >= 0.6 is 11.3 Å². The molecular formula is C21H17N3O3S. The summed E-state index contributed by atoms with van der Waals surface area (Å²) in [6, 6.07) is 14.7. The highest BCUT2D eigenvalue weighted by Crippen LogP contribution is 2.30. The smallest absolute Gasteiger partial charge is 0.283 e. The van der Waals surface area contributed by atoms with E-state index in [9.17, 15) is 9.90 Å². The second kappa shape index (κ2) is 7.28. The molecule has 6 nitrogen and oxygen atoms in total. The fourth-order valence-electron chi connectivity index (χ4n) is 2.96. The summed E-state index contributed by atoms with van der Waals surface area (Å²) in [6.07, 6.45) is 1.51. The fourth-order valence-corrected chi connectivity index (χ4v) is 3.95. The number of benzene rings is 2. The van der Waals surface area contributed by atoms with Gasteiger partial charge >= 0.3 is 0 Å². The molecule has 4 aromatic rings. The number of ether oxygens (including phenoxy) is 1. The van der Waals surface area contributed by atoms with Crippen LogP contribution in [0.1, 0.15) is 11.4 Å². The summed E-state index contributed by atoms with van der Waals surface area (Å²) in [5.41, 5.74) is 2.23. The molecule has 0 saturated heterocycles. The Morgan fingerprint density at radius 1 is 1.21 bits per heavy atom. The molecule has 0 atom stereocenters. The molecule has 4 rings (SSSR count). The van der Waals surface area contributed by atoms with Gasteiger partial charge in [0.1, 0.15) is 10.7 Å². The Hall–Kier alpha value is -3.45. The molecule has 0 unspecified atom stereocenters. The molecule has 28 heavy (non-hydrogen) atoms. The van der Waals surface area contributed by atoms with Crippen LogP contribution in [-0.4, -0.2) is 28.1 Å². The van der Waals surface area contributed by atoms with Crippen LogP contribution in [0.5, 0.6) is 11.5 Å². The van der Waals surface area contributed by atoms with Crippen LogP contribution in [0.15, 0.2) is 63.8 Å². The van der Waals surface area contributed by atoms with E-state index in [-0.39, 0.29) is 11.3 Å². The van der Waals surface area contributed by atoms with Crippen molar-refractivity contribution in [2.24, 2.45) is 5.10 Å². The zero-order chi connectivity index (χ0) is 19.7. The Morgan fingerprint density at radius 3 is 2.71 bits per heavy atom. The largest absolute Gasteiger partial charge is 0.504 e. The molecule has 0 bridgehead atoms. The van der Waals surface area contributed by atoms with Gasteiger partial charge in [-0.2, -0.15) is 9.78 Å². The lowest BCUT2D eigenvalue weighted by atomic mass is 10.1. The van der Waals surface area contributed by atoms with Crippen molar-refractivity contribution in [3.8, 4) is 22.6 Å². The molecular weight excluding hydrogens is 374 g/mol. The quantitative estimate of drug-likeness (QED) is 0.533. The van der Waals surface area contributed by atoms with E-state index in [4.69, 9.17) is 4.74 Å². The maximum atomic E-state index is 13.1. The molecule has 0 aliphatic heterocycles. The standard InChI is InChI=1S/C21H17N3O3S/c1-13-23-20-19(16(12-28-20)15-6-4-3-5-7-15)21(26)24(13)22-11-14-8-9-18(27-2)17(25)10-14/h3-12,25H,1-2H3/b22-11-. The van der Waals surface area contributed by atoms with Crippen LogP contribution in [0.25, 0.3) is 21.3 Å². The van der Waals surface area contributed by atoms with E-state index in [1.807, 2.05) is 35.7 Å². The zero-order valence-electron chi connectivity index (χ0n) is 15.3. The van der Waals surface area contributed by atoms with E-state index < -0.39 is 0 Å². The number of aryl methyl sites for hydroxylation is 1. The van der Waals surface area contributed by atoms with Gasteiger partial charge in [0.05, 0.1) is 18.7 Å². The van der Waals surface area contributed by atoms with Gasteiger partial charge in [0, 0.05) is 10.9 Å². The van der Waals surface area contributed by atoms with Gasteiger partial charge in [0.25, 0.3) is 5.56 Å². The summed E-state index contributed by atoms with van der Waals surface area (Å²) in [4.78, 5) is 18.4. The molecule has 0 spiro atoms. The highest BCUT2D eigenvalue weighted by atomic mass is 32.1. The van der Waals surface area contributed by atoms with Crippen molar-refractivity contribution < 1.29 is 9.84 Å². The SMILES string of the molecule is COc1ccc(/C=N\n2c(C)nc3scc(-c4ccccc4)c3c2=O)cc1O. The third kappa shape index (κ3) is 3.16. The number of aromatic nitrogens is 2. The molecule has 0 amide bonds. The van der Waals surface area contributed by atoms with Crippen LogP contribution in [0.3, 0.4) is 0 Å². The minimum atomic E-state index is -0.225. The van der Waals surface area contributed by atoms with Crippen molar-refractivity contribution in [3.05, 3.63) is 75.7 Å². The average molecular weight is 391 g/mol. The van der Waals surface area contributed by atoms with Gasteiger partial charge in [0.2, 0.25) is 0 Å². The first kappa shape index (κ1) is 17.9. The first-order valence-corrected chi connectivity index (χ1v) is 9.44. The number of phenols is 1. The summed E-state index contributed by atoms with van der Waals surface area (Å²) in [5.74, 6) is 0.876. The van der Waals surface area contributed by atoms with E-state index in [2.05, 4.69) is 10.1 Å². The van der Waals surface area contributed by atoms with Crippen molar-refractivity contribution in [1.82, 2.24) is 9.66 Å². The predicted molar refractivity (Wildman–Crippen MR) is 112 cm³/mol. The number of rotatable bonds is 4. The molecule has 140 valence electrons. The predicted octanol–water partition coefficient (Wildman–Crippen LogP) is 4.03. The third-order valence-electron chi connectivity index (χ3n) is 4.36. The number of fused-ring (bicyclic) bond motifs is 1. The monoisotopic (exact) mass is 391 g/mol. The van der Waals surface area contributed by atoms with E-state index in [0.717, 1.165) is 11.1 Å². The summed E-state index contributed by atoms with van der Waals surface area (Å²) >= 11 is 1.44. The third-order valence-corrected chi connectivity index (χ3v) is 5.23. The van der Waals surface area contributed by atoms with Gasteiger partial charge in [-0.3, -0.25) is 4.79 Å². The van der Waals surface area contributed by atoms with Crippen LogP contribution in [0, 0.1) is 6.92 Å². The van der Waals surface area contributed by atoms with Gasteiger partial charge in [-0.1, -0.05) is 30.3 Å². The highest BCUT2D eigenvalue weighted by molar-refractivity contribution is 7.17. The average Bonchev–Trinajstić information content (AvgIpc) is 3.12. The second-order valence-electron chi connectivity index (χ2n) is 6.15. The van der Waals surface area contributed by atoms with Gasteiger partial charge < -0.3 is 9.84 Å². The number of hydrogen-bond acceptors (Lipinski definition) is 6. The lowest BCUT2D eigenvalue weighted by Gasteiger charge is -2.06. The Bertz CT molecular complexity index is 1240. The maximum Gasteiger partial charge on any atom is 0.283 e. The number of methoxy groups -OCH3 is 1. The number of aromatic hydroxyl groups is 1. The van der Waals surface area contributed by atoms with Crippen molar-refractivity contribution >= 4 is 27.8 Å². The molecule has 2 heterocycles. The van der Waals surface area contributed by atoms with Gasteiger partial charge in [-0.15, -0.1) is 11.3 Å². The molecule has 2 aromatic heterocycles. The summed E-state index contributed by atoms with van der Waals surface area (Å²) in [6.45, 7) is 1.74. The van der Waals surface area contributed by atoms with Crippen molar-refractivity contribution in [2.75, 3.05) is 7.11 Å². The number of hydrogen-bond donors (Lipinski definition) is 1. The maximum absolute atomic E-state index is 13.1. The molecule has 2 aromatic carbocycles. The fraction of sp³-hybridized carbons (Fsp3) is 0.0952. The van der Waals surface area contributed by atoms with E-state index in [1.54, 1.807) is 19.1 Å². The Balaban J connectivity index is 1.81. The summed E-state index contributed by atoms with van der Waals surface area (Å²) in [7, 11) is 1.48. The highest BCUT2D eigenvalue weighted by Gasteiger charge is 2.15. The Kier molecular flexibility index (Phi) is 4.67. The minimum Gasteiger partial charge on any atom is -0.504 e. The number of phenolic OH excluding ortho intramolecular Hbond substituents is 1. The Labute approximate surface area is 165 Å². The first-order chi connectivity index (χ1) is 13.6. The molecule has 0 fully saturated rings. The molecule has 0 radical (unpaired) electrons. The van der Waals surface area contributed by atoms with Crippen LogP contribution in [0.4, 0.5) is 0 Å². The van der Waals surface area contributed by atoms with Crippen LogP contribution in [0.2, 0.25) is 0 Å². The lowest BCUT2D eigenvalue weighted by Crippen LogP contribution is -2.20. The van der Waals surface area contributed by atoms with E-state index in [1.165, 1.54) is 35.4 Å². The van der Waals surface area contributed by atoms with Gasteiger partial charge in [-0.25, -0.2) is 4.98 Å². The van der Waals surface area contributed by atoms with Gasteiger partial charge in [-0.05, 0) is 36.2 Å². The zero-order valence-corrected chi connectivity index (χ0v) is 16.1. The normalized spacial score (nSPS) is 11.4. The topological polar surface area (TPSA) is 76.7 Å².